The Labute approximate surface area is 205 Å². The van der Waals surface area contributed by atoms with E-state index in [-0.39, 0.29) is 17.5 Å². The number of rotatable bonds is 6. The van der Waals surface area contributed by atoms with Gasteiger partial charge in [-0.1, -0.05) is 92.5 Å². The minimum Gasteiger partial charge on any atom is -0.379 e. The van der Waals surface area contributed by atoms with Gasteiger partial charge in [-0.2, -0.15) is 0 Å². The van der Waals surface area contributed by atoms with Gasteiger partial charge in [0.05, 0.1) is 25.3 Å². The molecule has 33 heavy (non-hydrogen) atoms. The molecule has 2 heterocycles. The smallest absolute Gasteiger partial charge is 0.173 e. The quantitative estimate of drug-likeness (QED) is 0.447. The average Bonchev–Trinajstić information content (AvgIpc) is 3.25. The summed E-state index contributed by atoms with van der Waals surface area (Å²) in [6.07, 6.45) is 4.14. The van der Waals surface area contributed by atoms with Crippen molar-refractivity contribution < 1.29 is 4.74 Å². The van der Waals surface area contributed by atoms with Gasteiger partial charge in [0.15, 0.2) is 5.82 Å². The summed E-state index contributed by atoms with van der Waals surface area (Å²) < 4.78 is 7.56. The lowest BCUT2D eigenvalue weighted by Crippen LogP contribution is -2.41. The summed E-state index contributed by atoms with van der Waals surface area (Å²) in [7, 11) is 0. The molecule has 1 aromatic heterocycles. The fourth-order valence-electron chi connectivity index (χ4n) is 4.14. The monoisotopic (exact) mass is 485 g/mol. The number of morpholine rings is 1. The summed E-state index contributed by atoms with van der Waals surface area (Å²) in [6, 6.07) is 15.8. The zero-order chi connectivity index (χ0) is 23.4. The molecule has 1 saturated heterocycles. The Kier molecular flexibility index (Phi) is 7.49. The van der Waals surface area contributed by atoms with Crippen molar-refractivity contribution in [3.63, 3.8) is 0 Å². The number of ether oxygens (including phenoxy) is 1. The summed E-state index contributed by atoms with van der Waals surface area (Å²) in [5, 5.41) is 14.3. The lowest BCUT2D eigenvalue weighted by Gasteiger charge is -2.36. The fourth-order valence-corrected chi connectivity index (χ4v) is 4.61. The largest absolute Gasteiger partial charge is 0.379 e. The maximum Gasteiger partial charge on any atom is 0.173 e. The minimum atomic E-state index is -0.147. The second kappa shape index (κ2) is 10.3. The normalized spacial score (nSPS) is 17.4. The molecule has 6 nitrogen and oxygen atoms in total. The molecular formula is C25H29Cl2N5O. The standard InChI is InChI=1S/C25H29Cl2N5O/c1-25(2,3)22(12-10-18-9-11-20(26)17-21(18)27)32-24(28-29-30-32)23(19-7-5-4-6-8-19)31-13-15-33-16-14-31/h4-12,17,22-23H,13-16H2,1-3H3/b12-10+. The van der Waals surface area contributed by atoms with Crippen LogP contribution in [0.1, 0.15) is 49.8 Å². The molecular weight excluding hydrogens is 457 g/mol. The first-order chi connectivity index (χ1) is 15.8. The van der Waals surface area contributed by atoms with Crippen molar-refractivity contribution in [1.29, 1.82) is 0 Å². The highest BCUT2D eigenvalue weighted by Gasteiger charge is 2.34. The maximum absolute atomic E-state index is 6.41. The van der Waals surface area contributed by atoms with Crippen molar-refractivity contribution in [3.8, 4) is 0 Å². The number of nitrogens with zero attached hydrogens (tertiary/aromatic N) is 5. The third-order valence-corrected chi connectivity index (χ3v) is 6.42. The fraction of sp³-hybridized carbons (Fsp3) is 0.400. The number of hydrogen-bond donors (Lipinski definition) is 0. The Bertz CT molecular complexity index is 1090. The first-order valence-corrected chi connectivity index (χ1v) is 11.9. The van der Waals surface area contributed by atoms with Crippen molar-refractivity contribution in [1.82, 2.24) is 25.1 Å². The molecule has 0 amide bonds. The number of benzene rings is 2. The second-order valence-electron chi connectivity index (χ2n) is 9.28. The van der Waals surface area contributed by atoms with Crippen LogP contribution in [0, 0.1) is 5.41 Å². The van der Waals surface area contributed by atoms with Crippen LogP contribution in [0.3, 0.4) is 0 Å². The summed E-state index contributed by atoms with van der Waals surface area (Å²) in [6.45, 7) is 9.59. The van der Waals surface area contributed by atoms with Crippen LogP contribution in [0.4, 0.5) is 0 Å². The number of tetrazole rings is 1. The molecule has 2 aromatic carbocycles. The molecule has 0 saturated carbocycles. The van der Waals surface area contributed by atoms with Crippen LogP contribution < -0.4 is 0 Å². The van der Waals surface area contributed by atoms with Crippen LogP contribution in [-0.4, -0.2) is 51.4 Å². The predicted octanol–water partition coefficient (Wildman–Crippen LogP) is 5.70. The van der Waals surface area contributed by atoms with E-state index in [0.29, 0.717) is 23.3 Å². The molecule has 1 fully saturated rings. The van der Waals surface area contributed by atoms with Crippen LogP contribution in [0.2, 0.25) is 10.0 Å². The molecule has 0 bridgehead atoms. The van der Waals surface area contributed by atoms with Gasteiger partial charge in [-0.3, -0.25) is 4.90 Å². The molecule has 0 aliphatic carbocycles. The van der Waals surface area contributed by atoms with E-state index in [4.69, 9.17) is 27.9 Å². The highest BCUT2D eigenvalue weighted by atomic mass is 35.5. The third kappa shape index (κ3) is 5.64. The van der Waals surface area contributed by atoms with E-state index in [1.807, 2.05) is 29.0 Å². The molecule has 2 atom stereocenters. The van der Waals surface area contributed by atoms with Gasteiger partial charge in [0.2, 0.25) is 0 Å². The van der Waals surface area contributed by atoms with Gasteiger partial charge in [-0.15, -0.1) is 5.10 Å². The summed E-state index contributed by atoms with van der Waals surface area (Å²) in [5.41, 5.74) is 1.91. The molecule has 4 rings (SSSR count). The molecule has 1 aliphatic rings. The molecule has 174 valence electrons. The number of aromatic nitrogens is 4. The topological polar surface area (TPSA) is 56.1 Å². The van der Waals surface area contributed by atoms with Gasteiger partial charge in [-0.25, -0.2) is 4.68 Å². The first kappa shape index (κ1) is 23.9. The Morgan fingerprint density at radius 3 is 2.42 bits per heavy atom. The van der Waals surface area contributed by atoms with E-state index in [2.05, 4.69) is 71.5 Å². The molecule has 1 aliphatic heterocycles. The van der Waals surface area contributed by atoms with Crippen molar-refractivity contribution >= 4 is 29.3 Å². The van der Waals surface area contributed by atoms with Crippen LogP contribution in [0.25, 0.3) is 6.08 Å². The maximum atomic E-state index is 6.41. The van der Waals surface area contributed by atoms with Crippen LogP contribution >= 0.6 is 23.2 Å². The second-order valence-corrected chi connectivity index (χ2v) is 10.1. The molecule has 2 unspecified atom stereocenters. The van der Waals surface area contributed by atoms with Crippen molar-refractivity contribution in [2.75, 3.05) is 26.3 Å². The Morgan fingerprint density at radius 2 is 1.76 bits per heavy atom. The first-order valence-electron chi connectivity index (χ1n) is 11.1. The van der Waals surface area contributed by atoms with E-state index in [1.165, 1.54) is 0 Å². The zero-order valence-corrected chi connectivity index (χ0v) is 20.7. The van der Waals surface area contributed by atoms with Gasteiger partial charge < -0.3 is 4.74 Å². The van der Waals surface area contributed by atoms with Crippen LogP contribution in [0.5, 0.6) is 0 Å². The molecule has 0 N–H and O–H groups in total. The van der Waals surface area contributed by atoms with E-state index < -0.39 is 0 Å². The van der Waals surface area contributed by atoms with Crippen molar-refractivity contribution in [2.24, 2.45) is 5.41 Å². The van der Waals surface area contributed by atoms with Gasteiger partial charge in [0.1, 0.15) is 0 Å². The average molecular weight is 486 g/mol. The van der Waals surface area contributed by atoms with Gasteiger partial charge in [0, 0.05) is 23.1 Å². The summed E-state index contributed by atoms with van der Waals surface area (Å²) >= 11 is 12.5. The molecule has 8 heteroatoms. The van der Waals surface area contributed by atoms with Gasteiger partial charge in [0.25, 0.3) is 0 Å². The Hall–Kier alpha value is -2.25. The predicted molar refractivity (Wildman–Crippen MR) is 132 cm³/mol. The molecule has 0 radical (unpaired) electrons. The zero-order valence-electron chi connectivity index (χ0n) is 19.2. The van der Waals surface area contributed by atoms with E-state index in [1.54, 1.807) is 6.07 Å². The number of halogens is 2. The lowest BCUT2D eigenvalue weighted by molar-refractivity contribution is 0.0210. The van der Waals surface area contributed by atoms with Gasteiger partial charge in [-0.05, 0) is 39.1 Å². The Morgan fingerprint density at radius 1 is 1.03 bits per heavy atom. The lowest BCUT2D eigenvalue weighted by atomic mass is 9.86. The third-order valence-electron chi connectivity index (χ3n) is 5.86. The van der Waals surface area contributed by atoms with Gasteiger partial charge >= 0.3 is 0 Å². The highest BCUT2D eigenvalue weighted by molar-refractivity contribution is 6.35. The van der Waals surface area contributed by atoms with E-state index >= 15 is 0 Å². The van der Waals surface area contributed by atoms with Crippen LogP contribution in [-0.2, 0) is 4.74 Å². The minimum absolute atomic E-state index is 0.0672. The highest BCUT2D eigenvalue weighted by Crippen LogP contribution is 2.36. The van der Waals surface area contributed by atoms with Crippen molar-refractivity contribution in [2.45, 2.75) is 32.9 Å². The van der Waals surface area contributed by atoms with Crippen molar-refractivity contribution in [3.05, 3.63) is 81.6 Å². The Balaban J connectivity index is 1.75. The van der Waals surface area contributed by atoms with Crippen LogP contribution in [0.15, 0.2) is 54.6 Å². The molecule has 3 aromatic rings. The summed E-state index contributed by atoms with van der Waals surface area (Å²) in [4.78, 5) is 2.39. The number of allylic oxidation sites excluding steroid dienone is 1. The summed E-state index contributed by atoms with van der Waals surface area (Å²) in [5.74, 6) is 0.815. The number of hydrogen-bond acceptors (Lipinski definition) is 5. The van der Waals surface area contributed by atoms with E-state index in [0.717, 1.165) is 30.0 Å². The molecule has 0 spiro atoms. The van der Waals surface area contributed by atoms with E-state index in [9.17, 15) is 0 Å². The SMILES string of the molecule is CC(C)(C)C(/C=C/c1ccc(Cl)cc1Cl)n1nnnc1C(c1ccccc1)N1CCOCC1.